The van der Waals surface area contributed by atoms with Gasteiger partial charge in [-0.3, -0.25) is 9.98 Å². The number of benzene rings is 1. The summed E-state index contributed by atoms with van der Waals surface area (Å²) in [4.78, 5) is 15.9. The van der Waals surface area contributed by atoms with Gasteiger partial charge in [-0.1, -0.05) is 26.0 Å². The molecule has 0 saturated carbocycles. The zero-order valence-electron chi connectivity index (χ0n) is 18.0. The molecule has 0 spiro atoms. The topological polar surface area (TPSA) is 62.1 Å². The van der Waals surface area contributed by atoms with Crippen molar-refractivity contribution in [2.75, 3.05) is 36.5 Å². The van der Waals surface area contributed by atoms with Crippen molar-refractivity contribution in [1.82, 2.24) is 4.98 Å². The van der Waals surface area contributed by atoms with Crippen LogP contribution in [0.5, 0.6) is 5.88 Å². The highest BCUT2D eigenvalue weighted by Crippen LogP contribution is 2.36. The van der Waals surface area contributed by atoms with Crippen LogP contribution in [-0.2, 0) is 0 Å². The number of pyridine rings is 1. The lowest BCUT2D eigenvalue weighted by Crippen LogP contribution is -2.38. The largest absolute Gasteiger partial charge is 0.474 e. The van der Waals surface area contributed by atoms with Crippen molar-refractivity contribution >= 4 is 29.5 Å². The van der Waals surface area contributed by atoms with Crippen LogP contribution in [0.4, 0.5) is 17.1 Å². The van der Waals surface area contributed by atoms with E-state index in [4.69, 9.17) is 9.73 Å². The lowest BCUT2D eigenvalue weighted by molar-refractivity contribution is 0.310. The summed E-state index contributed by atoms with van der Waals surface area (Å²) in [5.41, 5.74) is 7.71. The van der Waals surface area contributed by atoms with Gasteiger partial charge < -0.3 is 15.0 Å². The van der Waals surface area contributed by atoms with Crippen LogP contribution in [0.15, 0.2) is 52.2 Å². The molecule has 156 valence electrons. The smallest absolute Gasteiger partial charge is 0.237 e. The molecule has 1 saturated heterocycles. The van der Waals surface area contributed by atoms with Gasteiger partial charge in [0.2, 0.25) is 5.88 Å². The number of piperidine rings is 1. The van der Waals surface area contributed by atoms with Gasteiger partial charge in [-0.25, -0.2) is 4.98 Å². The number of fused-ring (bicyclic) bond motifs is 1. The van der Waals surface area contributed by atoms with Crippen molar-refractivity contribution in [1.29, 1.82) is 0 Å². The van der Waals surface area contributed by atoms with Gasteiger partial charge in [0, 0.05) is 24.9 Å². The van der Waals surface area contributed by atoms with E-state index in [-0.39, 0.29) is 0 Å². The van der Waals surface area contributed by atoms with Crippen molar-refractivity contribution in [3.63, 3.8) is 0 Å². The summed E-state index contributed by atoms with van der Waals surface area (Å²) in [5, 5.41) is 3.43. The number of rotatable bonds is 4. The first-order valence-corrected chi connectivity index (χ1v) is 10.5. The second-order valence-electron chi connectivity index (χ2n) is 8.04. The third-order valence-electron chi connectivity index (χ3n) is 5.69. The average molecular weight is 404 g/mol. The Morgan fingerprint density at radius 3 is 2.80 bits per heavy atom. The normalized spacial score (nSPS) is 18.9. The molecule has 1 aromatic heterocycles. The molecule has 2 aliphatic heterocycles. The zero-order valence-corrected chi connectivity index (χ0v) is 18.0. The Morgan fingerprint density at radius 2 is 2.07 bits per heavy atom. The van der Waals surface area contributed by atoms with E-state index in [9.17, 15) is 0 Å². The molecule has 1 aromatic carbocycles. The molecule has 3 heterocycles. The predicted octanol–water partition coefficient (Wildman–Crippen LogP) is 4.89. The molecule has 0 amide bonds. The first-order chi connectivity index (χ1) is 14.6. The highest BCUT2D eigenvalue weighted by atomic mass is 16.5. The first-order valence-electron chi connectivity index (χ1n) is 10.5. The number of aromatic nitrogens is 1. The number of aliphatic imine (C=N–C) groups is 2. The predicted molar refractivity (Wildman–Crippen MR) is 125 cm³/mol. The number of nitrogens with one attached hydrogen (secondary N) is 1. The molecular weight excluding hydrogens is 374 g/mol. The van der Waals surface area contributed by atoms with Gasteiger partial charge in [-0.15, -0.1) is 0 Å². The van der Waals surface area contributed by atoms with Crippen LogP contribution in [0.25, 0.3) is 0 Å². The minimum atomic E-state index is 0.509. The van der Waals surface area contributed by atoms with Crippen molar-refractivity contribution in [3.05, 3.63) is 53.4 Å². The molecule has 1 fully saturated rings. The standard InChI is InChI=1S/C24H29N5O/c1-16(2)18-5-7-20(8-6-18)28-21-15-29(11-9-19(21)13-25-4)22-14-27-24-23(17(22)3)26-10-12-30-24/h5-8,13-14,16,26H,4,9-12,15H2,1-3H3/b19-13-,28-21?. The van der Waals surface area contributed by atoms with Gasteiger partial charge in [0.1, 0.15) is 12.3 Å². The average Bonchev–Trinajstić information content (AvgIpc) is 2.76. The van der Waals surface area contributed by atoms with Crippen molar-refractivity contribution in [2.45, 2.75) is 33.1 Å². The highest BCUT2D eigenvalue weighted by Gasteiger charge is 2.25. The molecule has 6 nitrogen and oxygen atoms in total. The maximum atomic E-state index is 5.68. The second kappa shape index (κ2) is 8.69. The third-order valence-corrected chi connectivity index (χ3v) is 5.69. The van der Waals surface area contributed by atoms with Crippen LogP contribution in [0.2, 0.25) is 0 Å². The molecule has 1 N–H and O–H groups in total. The van der Waals surface area contributed by atoms with E-state index in [0.717, 1.165) is 53.4 Å². The summed E-state index contributed by atoms with van der Waals surface area (Å²) in [6.07, 6.45) is 4.62. The zero-order chi connectivity index (χ0) is 21.1. The minimum absolute atomic E-state index is 0.509. The summed E-state index contributed by atoms with van der Waals surface area (Å²) in [7, 11) is 0. The number of hydrogen-bond donors (Lipinski definition) is 1. The van der Waals surface area contributed by atoms with E-state index in [1.54, 1.807) is 0 Å². The Hall–Kier alpha value is -3.15. The summed E-state index contributed by atoms with van der Waals surface area (Å²) < 4.78 is 5.68. The summed E-state index contributed by atoms with van der Waals surface area (Å²) in [6.45, 7) is 13.2. The Balaban J connectivity index is 1.64. The first kappa shape index (κ1) is 20.1. The van der Waals surface area contributed by atoms with Gasteiger partial charge in [0.25, 0.3) is 0 Å². The number of ether oxygens (including phenoxy) is 1. The maximum Gasteiger partial charge on any atom is 0.237 e. The maximum absolute atomic E-state index is 5.68. The Bertz CT molecular complexity index is 991. The van der Waals surface area contributed by atoms with Gasteiger partial charge in [-0.05, 0) is 49.2 Å². The van der Waals surface area contributed by atoms with Crippen molar-refractivity contribution < 1.29 is 4.74 Å². The van der Waals surface area contributed by atoms with Crippen LogP contribution < -0.4 is 15.0 Å². The fraction of sp³-hybridized carbons (Fsp3) is 0.375. The monoisotopic (exact) mass is 403 g/mol. The molecule has 0 atom stereocenters. The Labute approximate surface area is 178 Å². The Morgan fingerprint density at radius 1 is 1.27 bits per heavy atom. The van der Waals surface area contributed by atoms with Crippen LogP contribution in [0.3, 0.4) is 0 Å². The molecule has 30 heavy (non-hydrogen) atoms. The molecule has 6 heteroatoms. The molecule has 2 aromatic rings. The molecule has 0 aliphatic carbocycles. The van der Waals surface area contributed by atoms with Gasteiger partial charge in [0.05, 0.1) is 29.8 Å². The fourth-order valence-corrected chi connectivity index (χ4v) is 3.94. The van der Waals surface area contributed by atoms with E-state index in [0.29, 0.717) is 24.9 Å². The summed E-state index contributed by atoms with van der Waals surface area (Å²) >= 11 is 0. The summed E-state index contributed by atoms with van der Waals surface area (Å²) in [6, 6.07) is 8.49. The van der Waals surface area contributed by atoms with E-state index in [1.165, 1.54) is 5.56 Å². The molecule has 4 rings (SSSR count). The van der Waals surface area contributed by atoms with Crippen LogP contribution in [-0.4, -0.2) is 43.7 Å². The van der Waals surface area contributed by atoms with E-state index in [2.05, 4.69) is 71.9 Å². The lowest BCUT2D eigenvalue weighted by Gasteiger charge is -2.33. The lowest BCUT2D eigenvalue weighted by atomic mass is 10.0. The van der Waals surface area contributed by atoms with Crippen LogP contribution >= 0.6 is 0 Å². The van der Waals surface area contributed by atoms with E-state index < -0.39 is 0 Å². The Kier molecular flexibility index (Phi) is 5.84. The van der Waals surface area contributed by atoms with Gasteiger partial charge in [-0.2, -0.15) is 0 Å². The van der Waals surface area contributed by atoms with Crippen LogP contribution in [0, 0.1) is 6.92 Å². The van der Waals surface area contributed by atoms with E-state index in [1.807, 2.05) is 12.4 Å². The SMILES string of the molecule is C=N/C=C1/CCN(c2cnc3c(c2C)NCCO3)CC1=Nc1ccc(C(C)C)cc1. The molecule has 0 unspecified atom stereocenters. The van der Waals surface area contributed by atoms with Gasteiger partial charge in [0.15, 0.2) is 0 Å². The fourth-order valence-electron chi connectivity index (χ4n) is 3.94. The molecule has 0 radical (unpaired) electrons. The van der Waals surface area contributed by atoms with Gasteiger partial charge >= 0.3 is 0 Å². The number of anilines is 2. The van der Waals surface area contributed by atoms with Crippen molar-refractivity contribution in [3.8, 4) is 5.88 Å². The number of nitrogens with zero attached hydrogens (tertiary/aromatic N) is 4. The minimum Gasteiger partial charge on any atom is -0.474 e. The molecule has 2 aliphatic rings. The second-order valence-corrected chi connectivity index (χ2v) is 8.04. The highest BCUT2D eigenvalue weighted by molar-refractivity contribution is 6.05. The van der Waals surface area contributed by atoms with Crippen molar-refractivity contribution in [2.24, 2.45) is 9.98 Å². The quantitative estimate of drug-likeness (QED) is 0.739. The molecule has 0 bridgehead atoms. The van der Waals surface area contributed by atoms with E-state index >= 15 is 0 Å². The number of hydrogen-bond acceptors (Lipinski definition) is 6. The third kappa shape index (κ3) is 4.08. The van der Waals surface area contributed by atoms with Crippen LogP contribution in [0.1, 0.15) is 37.3 Å². The molecular formula is C24H29N5O. The summed E-state index contributed by atoms with van der Waals surface area (Å²) in [5.74, 6) is 1.20.